The van der Waals surface area contributed by atoms with E-state index in [1.54, 1.807) is 5.41 Å². The number of ketones is 1. The SMILES string of the molecule is C=S1(=O)C=Cc2ccc(CC(=O)c3ccc(C)cc3)cc21. The second-order valence-corrected chi connectivity index (χ2v) is 7.53. The molecule has 0 amide bonds. The maximum Gasteiger partial charge on any atom is 0.167 e. The molecular weight excluding hydrogens is 280 g/mol. The van der Waals surface area contributed by atoms with Crippen LogP contribution in [0.25, 0.3) is 6.08 Å². The second-order valence-electron chi connectivity index (χ2n) is 5.37. The highest BCUT2D eigenvalue weighted by Crippen LogP contribution is 2.28. The number of aryl methyl sites for hydroxylation is 1. The molecule has 0 fully saturated rings. The molecule has 0 aromatic heterocycles. The Bertz CT molecular complexity index is 841. The molecule has 1 atom stereocenters. The molecule has 0 saturated carbocycles. The molecule has 0 radical (unpaired) electrons. The highest BCUT2D eigenvalue weighted by Gasteiger charge is 2.16. The molecule has 1 aliphatic rings. The maximum absolute atomic E-state index is 12.3. The van der Waals surface area contributed by atoms with Gasteiger partial charge in [-0.15, -0.1) is 0 Å². The molecule has 1 heterocycles. The third-order valence-corrected chi connectivity index (χ3v) is 5.33. The van der Waals surface area contributed by atoms with Gasteiger partial charge in [-0.25, -0.2) is 0 Å². The summed E-state index contributed by atoms with van der Waals surface area (Å²) in [6, 6.07) is 13.2. The van der Waals surface area contributed by atoms with Crippen LogP contribution in [0, 0.1) is 6.92 Å². The van der Waals surface area contributed by atoms with Gasteiger partial charge in [0.05, 0.1) is 0 Å². The first-order valence-electron chi connectivity index (χ1n) is 6.74. The molecule has 0 aliphatic carbocycles. The van der Waals surface area contributed by atoms with Crippen molar-refractivity contribution in [1.29, 1.82) is 0 Å². The molecule has 0 saturated heterocycles. The van der Waals surface area contributed by atoms with E-state index in [9.17, 15) is 9.00 Å². The van der Waals surface area contributed by atoms with Crippen LogP contribution in [0.1, 0.15) is 27.0 Å². The van der Waals surface area contributed by atoms with Crippen LogP contribution >= 0.6 is 0 Å². The Morgan fingerprint density at radius 3 is 2.57 bits per heavy atom. The minimum absolute atomic E-state index is 0.0662. The zero-order valence-corrected chi connectivity index (χ0v) is 12.7. The van der Waals surface area contributed by atoms with Crippen molar-refractivity contribution in [3.05, 3.63) is 70.1 Å². The highest BCUT2D eigenvalue weighted by atomic mass is 32.2. The van der Waals surface area contributed by atoms with Gasteiger partial charge in [0, 0.05) is 26.4 Å². The average molecular weight is 296 g/mol. The summed E-state index contributed by atoms with van der Waals surface area (Å²) < 4.78 is 12.3. The van der Waals surface area contributed by atoms with Crippen LogP contribution < -0.4 is 0 Å². The fraction of sp³-hybridized carbons (Fsp3) is 0.111. The van der Waals surface area contributed by atoms with E-state index >= 15 is 0 Å². The van der Waals surface area contributed by atoms with Crippen molar-refractivity contribution in [3.8, 4) is 0 Å². The van der Waals surface area contributed by atoms with Gasteiger partial charge < -0.3 is 0 Å². The van der Waals surface area contributed by atoms with E-state index in [0.717, 1.165) is 21.6 Å². The van der Waals surface area contributed by atoms with E-state index in [-0.39, 0.29) is 5.78 Å². The van der Waals surface area contributed by atoms with E-state index in [2.05, 4.69) is 5.87 Å². The lowest BCUT2D eigenvalue weighted by Gasteiger charge is -2.07. The maximum atomic E-state index is 12.3. The fourth-order valence-electron chi connectivity index (χ4n) is 2.41. The van der Waals surface area contributed by atoms with Gasteiger partial charge in [0.1, 0.15) is 0 Å². The average Bonchev–Trinajstić information content (AvgIpc) is 2.75. The van der Waals surface area contributed by atoms with Gasteiger partial charge in [-0.3, -0.25) is 9.00 Å². The predicted molar refractivity (Wildman–Crippen MR) is 88.2 cm³/mol. The van der Waals surface area contributed by atoms with Crippen molar-refractivity contribution < 1.29 is 9.00 Å². The second kappa shape index (κ2) is 5.01. The van der Waals surface area contributed by atoms with Crippen LogP contribution in [0.3, 0.4) is 0 Å². The number of carbonyl (C=O) groups excluding carboxylic acids is 1. The molecule has 0 spiro atoms. The third-order valence-electron chi connectivity index (χ3n) is 3.66. The molecule has 2 aromatic rings. The van der Waals surface area contributed by atoms with E-state index in [1.165, 1.54) is 0 Å². The Morgan fingerprint density at radius 1 is 1.14 bits per heavy atom. The monoisotopic (exact) mass is 296 g/mol. The molecule has 3 rings (SSSR count). The normalized spacial score (nSPS) is 19.5. The van der Waals surface area contributed by atoms with Gasteiger partial charge in [-0.05, 0) is 41.5 Å². The van der Waals surface area contributed by atoms with Crippen molar-refractivity contribution in [2.75, 3.05) is 0 Å². The Balaban J connectivity index is 1.87. The summed E-state index contributed by atoms with van der Waals surface area (Å²) in [6.07, 6.45) is 2.14. The Hall–Kier alpha value is -2.13. The molecule has 106 valence electrons. The van der Waals surface area contributed by atoms with Gasteiger partial charge in [0.25, 0.3) is 0 Å². The minimum atomic E-state index is -2.33. The summed E-state index contributed by atoms with van der Waals surface area (Å²) in [7, 11) is -2.33. The van der Waals surface area contributed by atoms with Crippen LogP contribution in [0.4, 0.5) is 0 Å². The van der Waals surface area contributed by atoms with Crippen LogP contribution in [0.2, 0.25) is 0 Å². The van der Waals surface area contributed by atoms with E-state index in [0.29, 0.717) is 12.0 Å². The van der Waals surface area contributed by atoms with Gasteiger partial charge in [0.15, 0.2) is 5.78 Å². The molecule has 3 heteroatoms. The van der Waals surface area contributed by atoms with E-state index in [1.807, 2.05) is 55.5 Å². The molecular formula is C18H16O2S. The van der Waals surface area contributed by atoms with Crippen LogP contribution in [0.15, 0.2) is 52.8 Å². The molecule has 21 heavy (non-hydrogen) atoms. The first-order chi connectivity index (χ1) is 9.95. The summed E-state index contributed by atoms with van der Waals surface area (Å²) in [5.41, 5.74) is 3.64. The number of carbonyl (C=O) groups is 1. The van der Waals surface area contributed by atoms with Crippen LogP contribution in [-0.4, -0.2) is 15.9 Å². The molecule has 2 nitrogen and oxygen atoms in total. The first kappa shape index (κ1) is 13.8. The zero-order valence-electron chi connectivity index (χ0n) is 11.8. The summed E-state index contributed by atoms with van der Waals surface area (Å²) >= 11 is 0. The minimum Gasteiger partial charge on any atom is -0.294 e. The van der Waals surface area contributed by atoms with Crippen LogP contribution in [0.5, 0.6) is 0 Å². The number of Topliss-reactive ketones (excluding diaryl/α,β-unsaturated/α-hetero) is 1. The van der Waals surface area contributed by atoms with Crippen molar-refractivity contribution in [1.82, 2.24) is 0 Å². The van der Waals surface area contributed by atoms with Gasteiger partial charge >= 0.3 is 0 Å². The van der Waals surface area contributed by atoms with Crippen molar-refractivity contribution in [2.45, 2.75) is 18.2 Å². The van der Waals surface area contributed by atoms with E-state index in [4.69, 9.17) is 0 Å². The predicted octanol–water partition coefficient (Wildman–Crippen LogP) is 3.48. The number of fused-ring (bicyclic) bond motifs is 1. The van der Waals surface area contributed by atoms with E-state index < -0.39 is 9.52 Å². The lowest BCUT2D eigenvalue weighted by Crippen LogP contribution is -2.04. The topological polar surface area (TPSA) is 34.1 Å². The first-order valence-corrected chi connectivity index (χ1v) is 8.53. The summed E-state index contributed by atoms with van der Waals surface area (Å²) in [6.45, 7) is 1.99. The quantitative estimate of drug-likeness (QED) is 0.642. The van der Waals surface area contributed by atoms with Gasteiger partial charge in [0.2, 0.25) is 0 Å². The highest BCUT2D eigenvalue weighted by molar-refractivity contribution is 8.03. The Labute approximate surface area is 125 Å². The Morgan fingerprint density at radius 2 is 1.86 bits per heavy atom. The standard InChI is InChI=1S/C18H16O2S/c1-13-3-6-15(7-4-13)17(19)11-14-5-8-16-9-10-21(2,20)18(16)12-14/h3-10,12H,2,11H2,1H3. The molecule has 0 N–H and O–H groups in total. The molecule has 1 unspecified atom stereocenters. The molecule has 0 bridgehead atoms. The fourth-order valence-corrected chi connectivity index (χ4v) is 3.81. The summed E-state index contributed by atoms with van der Waals surface area (Å²) in [5, 5.41) is 1.64. The Kier molecular flexibility index (Phi) is 3.30. The van der Waals surface area contributed by atoms with Crippen molar-refractivity contribution >= 4 is 27.3 Å². The van der Waals surface area contributed by atoms with Crippen molar-refractivity contribution in [2.24, 2.45) is 0 Å². The molecule has 2 aromatic carbocycles. The third kappa shape index (κ3) is 2.69. The summed E-state index contributed by atoms with van der Waals surface area (Å²) in [4.78, 5) is 13.0. The summed E-state index contributed by atoms with van der Waals surface area (Å²) in [5.74, 6) is 3.82. The van der Waals surface area contributed by atoms with Gasteiger partial charge in [-0.2, -0.15) is 0 Å². The van der Waals surface area contributed by atoms with Gasteiger partial charge in [-0.1, -0.05) is 42.0 Å². The lowest BCUT2D eigenvalue weighted by atomic mass is 10.0. The molecule has 1 aliphatic heterocycles. The van der Waals surface area contributed by atoms with Crippen molar-refractivity contribution in [3.63, 3.8) is 0 Å². The lowest BCUT2D eigenvalue weighted by molar-refractivity contribution is 0.0993. The number of benzene rings is 2. The zero-order chi connectivity index (χ0) is 15.0. The number of rotatable bonds is 3. The van der Waals surface area contributed by atoms with Crippen LogP contribution in [-0.2, 0) is 15.9 Å². The number of hydrogen-bond donors (Lipinski definition) is 0. The largest absolute Gasteiger partial charge is 0.294 e. The number of hydrogen-bond acceptors (Lipinski definition) is 2. The smallest absolute Gasteiger partial charge is 0.167 e.